The van der Waals surface area contributed by atoms with Crippen molar-refractivity contribution >= 4 is 18.0 Å². The molecule has 0 unspecified atom stereocenters. The van der Waals surface area contributed by atoms with Crippen molar-refractivity contribution in [2.75, 3.05) is 13.7 Å². The largest absolute Gasteiger partial charge is 0.469 e. The van der Waals surface area contributed by atoms with E-state index in [9.17, 15) is 14.4 Å². The first-order chi connectivity index (χ1) is 14.1. The van der Waals surface area contributed by atoms with E-state index in [2.05, 4.69) is 15.4 Å². The van der Waals surface area contributed by atoms with E-state index in [4.69, 9.17) is 4.74 Å². The fourth-order valence-corrected chi connectivity index (χ4v) is 2.64. The molecule has 2 aromatic rings. The van der Waals surface area contributed by atoms with Gasteiger partial charge in [-0.1, -0.05) is 60.7 Å². The highest BCUT2D eigenvalue weighted by Gasteiger charge is 2.22. The van der Waals surface area contributed by atoms with Crippen molar-refractivity contribution in [2.24, 2.45) is 0 Å². The molecule has 1 atom stereocenters. The summed E-state index contributed by atoms with van der Waals surface area (Å²) < 4.78 is 9.78. The number of amides is 2. The van der Waals surface area contributed by atoms with Crippen LogP contribution < -0.4 is 10.6 Å². The molecule has 29 heavy (non-hydrogen) atoms. The van der Waals surface area contributed by atoms with Crippen molar-refractivity contribution in [2.45, 2.75) is 31.9 Å². The molecule has 2 aromatic carbocycles. The highest BCUT2D eigenvalue weighted by Crippen LogP contribution is 2.04. The fourth-order valence-electron chi connectivity index (χ4n) is 2.64. The van der Waals surface area contributed by atoms with Crippen LogP contribution in [-0.4, -0.2) is 37.7 Å². The second-order valence-corrected chi connectivity index (χ2v) is 6.40. The Kier molecular flexibility index (Phi) is 9.21. The number of methoxy groups -OCH3 is 1. The highest BCUT2D eigenvalue weighted by molar-refractivity contribution is 5.86. The van der Waals surface area contributed by atoms with E-state index in [0.29, 0.717) is 13.0 Å². The fraction of sp³-hybridized carbons (Fsp3) is 0.318. The number of carbonyl (C=O) groups is 3. The second-order valence-electron chi connectivity index (χ2n) is 6.40. The van der Waals surface area contributed by atoms with Gasteiger partial charge in [-0.25, -0.2) is 4.79 Å². The minimum atomic E-state index is -0.895. The lowest BCUT2D eigenvalue weighted by Crippen LogP contribution is -2.47. The lowest BCUT2D eigenvalue weighted by Gasteiger charge is -2.18. The normalized spacial score (nSPS) is 11.2. The Morgan fingerprint density at radius 3 is 2.17 bits per heavy atom. The maximum atomic E-state index is 12.5. The Hall–Kier alpha value is -3.35. The molecule has 0 aromatic heterocycles. The molecule has 2 N–H and O–H groups in total. The topological polar surface area (TPSA) is 93.7 Å². The molecular weight excluding hydrogens is 372 g/mol. The van der Waals surface area contributed by atoms with Gasteiger partial charge in [0.1, 0.15) is 12.6 Å². The minimum absolute atomic E-state index is 0.00619. The van der Waals surface area contributed by atoms with Crippen LogP contribution in [-0.2, 0) is 32.1 Å². The second kappa shape index (κ2) is 12.2. The molecule has 2 rings (SSSR count). The van der Waals surface area contributed by atoms with Crippen molar-refractivity contribution in [1.82, 2.24) is 10.6 Å². The van der Waals surface area contributed by atoms with E-state index in [-0.39, 0.29) is 25.4 Å². The van der Waals surface area contributed by atoms with Crippen molar-refractivity contribution in [3.05, 3.63) is 71.8 Å². The third-order valence-electron chi connectivity index (χ3n) is 4.24. The van der Waals surface area contributed by atoms with Crippen LogP contribution >= 0.6 is 0 Å². The van der Waals surface area contributed by atoms with Crippen LogP contribution in [0.4, 0.5) is 4.79 Å². The molecule has 0 aliphatic rings. The Bertz CT molecular complexity index is 780. The zero-order valence-corrected chi connectivity index (χ0v) is 16.4. The van der Waals surface area contributed by atoms with Crippen LogP contribution in [0.3, 0.4) is 0 Å². The number of esters is 1. The first-order valence-corrected chi connectivity index (χ1v) is 9.44. The van der Waals surface area contributed by atoms with Gasteiger partial charge in [-0.3, -0.25) is 9.59 Å². The van der Waals surface area contributed by atoms with Gasteiger partial charge in [0.15, 0.2) is 0 Å². The van der Waals surface area contributed by atoms with E-state index in [1.165, 1.54) is 7.11 Å². The summed E-state index contributed by atoms with van der Waals surface area (Å²) in [6, 6.07) is 18.1. The molecule has 154 valence electrons. The van der Waals surface area contributed by atoms with E-state index in [1.54, 1.807) is 0 Å². The van der Waals surface area contributed by atoms with Crippen molar-refractivity contribution in [1.29, 1.82) is 0 Å². The molecule has 0 spiro atoms. The van der Waals surface area contributed by atoms with Gasteiger partial charge < -0.3 is 20.1 Å². The number of nitrogens with one attached hydrogen (secondary N) is 2. The van der Waals surface area contributed by atoms with Gasteiger partial charge in [-0.05, 0) is 24.0 Å². The predicted molar refractivity (Wildman–Crippen MR) is 108 cm³/mol. The van der Waals surface area contributed by atoms with Gasteiger partial charge in [-0.2, -0.15) is 0 Å². The maximum Gasteiger partial charge on any atom is 0.408 e. The average molecular weight is 398 g/mol. The summed E-state index contributed by atoms with van der Waals surface area (Å²) >= 11 is 0. The first-order valence-electron chi connectivity index (χ1n) is 9.44. The molecule has 0 saturated carbocycles. The van der Waals surface area contributed by atoms with Crippen LogP contribution in [0.5, 0.6) is 0 Å². The average Bonchev–Trinajstić information content (AvgIpc) is 2.76. The number of alkyl carbamates (subject to hydrolysis) is 1. The van der Waals surface area contributed by atoms with Gasteiger partial charge >= 0.3 is 12.1 Å². The molecule has 0 fully saturated rings. The number of carbonyl (C=O) groups excluding carboxylic acids is 3. The standard InChI is InChI=1S/C22H26N2O5/c1-28-20(25)13-12-19(21(26)23-15-14-17-8-4-2-5-9-17)24-22(27)29-16-18-10-6-3-7-11-18/h2-11,19H,12-16H2,1H3,(H,23,26)(H,24,27)/t19-/m0/s1. The van der Waals surface area contributed by atoms with Gasteiger partial charge in [0.25, 0.3) is 0 Å². The van der Waals surface area contributed by atoms with E-state index >= 15 is 0 Å². The number of hydrogen-bond acceptors (Lipinski definition) is 5. The summed E-state index contributed by atoms with van der Waals surface area (Å²) in [4.78, 5) is 36.1. The summed E-state index contributed by atoms with van der Waals surface area (Å²) in [5.74, 6) is -0.826. The highest BCUT2D eigenvalue weighted by atomic mass is 16.5. The smallest absolute Gasteiger partial charge is 0.408 e. The summed E-state index contributed by atoms with van der Waals surface area (Å²) in [5, 5.41) is 5.33. The summed E-state index contributed by atoms with van der Waals surface area (Å²) in [5.41, 5.74) is 1.93. The van der Waals surface area contributed by atoms with Gasteiger partial charge in [0.05, 0.1) is 7.11 Å². The Labute approximate surface area is 170 Å². The summed E-state index contributed by atoms with van der Waals surface area (Å²) in [6.45, 7) is 0.504. The van der Waals surface area contributed by atoms with E-state index in [1.807, 2.05) is 60.7 Å². The number of hydrogen-bond donors (Lipinski definition) is 2. The van der Waals surface area contributed by atoms with Crippen LogP contribution in [0.2, 0.25) is 0 Å². The van der Waals surface area contributed by atoms with Crippen LogP contribution in [0.15, 0.2) is 60.7 Å². The first kappa shape index (κ1) is 21.9. The number of ether oxygens (including phenoxy) is 2. The van der Waals surface area contributed by atoms with E-state index in [0.717, 1.165) is 11.1 Å². The number of rotatable bonds is 10. The lowest BCUT2D eigenvalue weighted by molar-refractivity contribution is -0.140. The number of benzene rings is 2. The third-order valence-corrected chi connectivity index (χ3v) is 4.24. The molecule has 0 aliphatic carbocycles. The van der Waals surface area contributed by atoms with Gasteiger partial charge in [0, 0.05) is 13.0 Å². The van der Waals surface area contributed by atoms with Crippen LogP contribution in [0, 0.1) is 0 Å². The molecule has 2 amide bonds. The molecule has 0 bridgehead atoms. The van der Waals surface area contributed by atoms with Crippen molar-refractivity contribution in [3.8, 4) is 0 Å². The zero-order valence-electron chi connectivity index (χ0n) is 16.4. The monoisotopic (exact) mass is 398 g/mol. The minimum Gasteiger partial charge on any atom is -0.469 e. The Morgan fingerprint density at radius 2 is 1.55 bits per heavy atom. The quantitative estimate of drug-likeness (QED) is 0.600. The Balaban J connectivity index is 1.85. The summed E-state index contributed by atoms with van der Waals surface area (Å²) in [7, 11) is 1.28. The zero-order chi connectivity index (χ0) is 20.9. The van der Waals surface area contributed by atoms with Crippen LogP contribution in [0.25, 0.3) is 0 Å². The summed E-state index contributed by atoms with van der Waals surface area (Å²) in [6.07, 6.45) is 0.0626. The van der Waals surface area contributed by atoms with Crippen molar-refractivity contribution < 1.29 is 23.9 Å². The predicted octanol–water partition coefficient (Wildman–Crippen LogP) is 2.59. The molecule has 0 saturated heterocycles. The molecule has 7 heteroatoms. The molecule has 7 nitrogen and oxygen atoms in total. The SMILES string of the molecule is COC(=O)CC[C@H](NC(=O)OCc1ccccc1)C(=O)NCCc1ccccc1. The Morgan fingerprint density at radius 1 is 0.931 bits per heavy atom. The molecule has 0 heterocycles. The third kappa shape index (κ3) is 8.47. The maximum absolute atomic E-state index is 12.5. The molecule has 0 aliphatic heterocycles. The van der Waals surface area contributed by atoms with Gasteiger partial charge in [-0.15, -0.1) is 0 Å². The molecule has 0 radical (unpaired) electrons. The van der Waals surface area contributed by atoms with Crippen LogP contribution in [0.1, 0.15) is 24.0 Å². The molecular formula is C22H26N2O5. The van der Waals surface area contributed by atoms with Gasteiger partial charge in [0.2, 0.25) is 5.91 Å². The van der Waals surface area contributed by atoms with E-state index < -0.39 is 18.1 Å². The lowest BCUT2D eigenvalue weighted by atomic mass is 10.1. The van der Waals surface area contributed by atoms with Crippen molar-refractivity contribution in [3.63, 3.8) is 0 Å².